The summed E-state index contributed by atoms with van der Waals surface area (Å²) in [6.45, 7) is 3.99. The van der Waals surface area contributed by atoms with Crippen molar-refractivity contribution in [1.82, 2.24) is 5.32 Å². The number of ketones is 2. The normalized spacial score (nSPS) is 34.1. The number of aliphatic imine (C=N–C) groups is 1. The molecule has 3 aliphatic rings. The Balaban J connectivity index is 2.37. The van der Waals surface area contributed by atoms with Crippen molar-refractivity contribution in [2.24, 2.45) is 10.4 Å². The highest BCUT2D eigenvalue weighted by Gasteiger charge is 2.59. The van der Waals surface area contributed by atoms with Gasteiger partial charge in [-0.2, -0.15) is 0 Å². The van der Waals surface area contributed by atoms with E-state index in [-0.39, 0.29) is 23.3 Å². The highest BCUT2D eigenvalue weighted by Crippen LogP contribution is 2.48. The van der Waals surface area contributed by atoms with Crippen LogP contribution >= 0.6 is 0 Å². The average Bonchev–Trinajstić information content (AvgIpc) is 3.00. The predicted octanol–water partition coefficient (Wildman–Crippen LogP) is -0.0658. The second-order valence-electron chi connectivity index (χ2n) is 7.59. The Kier molecular flexibility index (Phi) is 3.89. The van der Waals surface area contributed by atoms with Crippen molar-refractivity contribution >= 4 is 35.2 Å². The van der Waals surface area contributed by atoms with Crippen LogP contribution in [0.3, 0.4) is 0 Å². The molecule has 0 saturated carbocycles. The maximum absolute atomic E-state index is 12.7. The maximum atomic E-state index is 12.7. The lowest BCUT2D eigenvalue weighted by Crippen LogP contribution is -2.61. The smallest absolute Gasteiger partial charge is 0.335 e. The fourth-order valence-electron chi connectivity index (χ4n) is 3.96. The third kappa shape index (κ3) is 2.26. The fourth-order valence-corrected chi connectivity index (χ4v) is 3.96. The van der Waals surface area contributed by atoms with Crippen LogP contribution in [0.4, 0.5) is 0 Å². The Morgan fingerprint density at radius 1 is 1.07 bits per heavy atom. The molecule has 1 aliphatic carbocycles. The number of carboxylic acid groups (broad SMARTS) is 3. The monoisotopic (exact) mass is 390 g/mol. The summed E-state index contributed by atoms with van der Waals surface area (Å²) in [4.78, 5) is 65.0. The zero-order valence-electron chi connectivity index (χ0n) is 15.3. The Bertz CT molecular complexity index is 974. The van der Waals surface area contributed by atoms with Crippen molar-refractivity contribution in [1.29, 1.82) is 0 Å². The molecule has 0 fully saturated rings. The van der Waals surface area contributed by atoms with Crippen molar-refractivity contribution in [2.75, 3.05) is 0 Å². The summed E-state index contributed by atoms with van der Waals surface area (Å²) in [6.07, 6.45) is 0.606. The minimum atomic E-state index is -1.88. The first-order chi connectivity index (χ1) is 12.8. The molecule has 3 unspecified atom stereocenters. The van der Waals surface area contributed by atoms with E-state index in [4.69, 9.17) is 0 Å². The van der Waals surface area contributed by atoms with E-state index in [9.17, 15) is 39.3 Å². The third-order valence-corrected chi connectivity index (χ3v) is 5.63. The van der Waals surface area contributed by atoms with Gasteiger partial charge in [-0.25, -0.2) is 9.59 Å². The maximum Gasteiger partial charge on any atom is 0.335 e. The molecule has 28 heavy (non-hydrogen) atoms. The molecular weight excluding hydrogens is 372 g/mol. The molecule has 10 heteroatoms. The largest absolute Gasteiger partial charge is 0.481 e. The Labute approximate surface area is 158 Å². The Hall–Kier alpha value is -3.30. The number of aliphatic carboxylic acids is 3. The lowest BCUT2D eigenvalue weighted by atomic mass is 9.64. The number of carbonyl (C=O) groups is 5. The minimum absolute atomic E-state index is 0.0243. The van der Waals surface area contributed by atoms with E-state index >= 15 is 0 Å². The van der Waals surface area contributed by atoms with Crippen molar-refractivity contribution in [2.45, 2.75) is 44.7 Å². The van der Waals surface area contributed by atoms with Gasteiger partial charge in [0, 0.05) is 12.0 Å². The summed E-state index contributed by atoms with van der Waals surface area (Å²) in [5.41, 5.74) is -6.57. The van der Waals surface area contributed by atoms with Crippen molar-refractivity contribution in [3.05, 3.63) is 22.9 Å². The van der Waals surface area contributed by atoms with Gasteiger partial charge in [0.2, 0.25) is 11.6 Å². The van der Waals surface area contributed by atoms with E-state index in [0.29, 0.717) is 0 Å². The second-order valence-corrected chi connectivity index (χ2v) is 7.59. The summed E-state index contributed by atoms with van der Waals surface area (Å²) in [7, 11) is 0. The van der Waals surface area contributed by atoms with Crippen LogP contribution in [0.15, 0.2) is 27.9 Å². The van der Waals surface area contributed by atoms with Gasteiger partial charge in [-0.15, -0.1) is 0 Å². The van der Waals surface area contributed by atoms with E-state index < -0.39 is 58.1 Å². The third-order valence-electron chi connectivity index (χ3n) is 5.63. The van der Waals surface area contributed by atoms with Crippen LogP contribution in [0.25, 0.3) is 0 Å². The predicted molar refractivity (Wildman–Crippen MR) is 92.8 cm³/mol. The van der Waals surface area contributed by atoms with Gasteiger partial charge in [0.1, 0.15) is 5.54 Å². The van der Waals surface area contributed by atoms with Crippen LogP contribution in [0.5, 0.6) is 0 Å². The molecule has 0 aromatic heterocycles. The first-order valence-electron chi connectivity index (χ1n) is 8.48. The molecule has 0 bridgehead atoms. The second kappa shape index (κ2) is 5.60. The van der Waals surface area contributed by atoms with Crippen LogP contribution in [0.2, 0.25) is 0 Å². The van der Waals surface area contributed by atoms with Gasteiger partial charge < -0.3 is 20.6 Å². The van der Waals surface area contributed by atoms with Gasteiger partial charge in [-0.1, -0.05) is 6.92 Å². The molecule has 148 valence electrons. The van der Waals surface area contributed by atoms with Gasteiger partial charge >= 0.3 is 17.9 Å². The van der Waals surface area contributed by atoms with Crippen LogP contribution < -0.4 is 5.32 Å². The molecule has 4 N–H and O–H groups in total. The number of hydrogen-bond donors (Lipinski definition) is 4. The number of Topliss-reactive ketones (excluding diaryl/α,β-unsaturated/α-hetero) is 2. The molecular formula is C18H18N2O8. The number of allylic oxidation sites excluding steroid dienone is 2. The van der Waals surface area contributed by atoms with E-state index in [0.717, 1.165) is 6.08 Å². The van der Waals surface area contributed by atoms with E-state index in [1.54, 1.807) is 0 Å². The van der Waals surface area contributed by atoms with E-state index in [2.05, 4.69) is 10.3 Å². The zero-order valence-corrected chi connectivity index (χ0v) is 15.3. The number of hydrogen-bond acceptors (Lipinski definition) is 7. The molecule has 10 nitrogen and oxygen atoms in total. The highest BCUT2D eigenvalue weighted by molar-refractivity contribution is 6.60. The number of carboxylic acids is 3. The van der Waals surface area contributed by atoms with Crippen LogP contribution in [-0.2, 0) is 24.0 Å². The molecule has 0 amide bonds. The Morgan fingerprint density at radius 3 is 2.14 bits per heavy atom. The first-order valence-corrected chi connectivity index (χ1v) is 8.48. The van der Waals surface area contributed by atoms with Crippen molar-refractivity contribution < 1.29 is 39.3 Å². The summed E-state index contributed by atoms with van der Waals surface area (Å²) in [5.74, 6) is -6.32. The topological polar surface area (TPSA) is 170 Å². The molecule has 0 aromatic carbocycles. The van der Waals surface area contributed by atoms with E-state index in [1.807, 2.05) is 0 Å². The molecule has 2 heterocycles. The van der Waals surface area contributed by atoms with Crippen LogP contribution in [0, 0.1) is 5.41 Å². The molecule has 0 radical (unpaired) electrons. The summed E-state index contributed by atoms with van der Waals surface area (Å²) in [6, 6.07) is 0. The van der Waals surface area contributed by atoms with E-state index in [1.165, 1.54) is 20.8 Å². The van der Waals surface area contributed by atoms with Crippen molar-refractivity contribution in [3.8, 4) is 0 Å². The highest BCUT2D eigenvalue weighted by atomic mass is 16.4. The lowest BCUT2D eigenvalue weighted by Gasteiger charge is -2.44. The summed E-state index contributed by atoms with van der Waals surface area (Å²) >= 11 is 0. The Morgan fingerprint density at radius 2 is 1.68 bits per heavy atom. The van der Waals surface area contributed by atoms with Gasteiger partial charge in [0.15, 0.2) is 5.54 Å². The van der Waals surface area contributed by atoms with Crippen molar-refractivity contribution in [3.63, 3.8) is 0 Å². The first kappa shape index (κ1) is 19.5. The van der Waals surface area contributed by atoms with Gasteiger partial charge in [-0.3, -0.25) is 19.4 Å². The lowest BCUT2D eigenvalue weighted by molar-refractivity contribution is -0.152. The van der Waals surface area contributed by atoms with Gasteiger partial charge in [0.25, 0.3) is 0 Å². The number of carbonyl (C=O) groups excluding carboxylic acids is 2. The quantitative estimate of drug-likeness (QED) is 0.480. The molecule has 0 saturated heterocycles. The standard InChI is InChI=1S/C18H18N2O8/c1-4-18(15(27)28)5-7-9(20-18)8-10(12(22)11(7)21)19-17(3,14(25)26)6-16(8,2)13(23)24/h5,19H,4,6H2,1-3H3,(H,23,24)(H,25,26)(H,27,28). The zero-order chi connectivity index (χ0) is 21.2. The summed E-state index contributed by atoms with van der Waals surface area (Å²) in [5, 5.41) is 31.5. The van der Waals surface area contributed by atoms with Gasteiger partial charge in [0.05, 0.1) is 22.4 Å². The number of fused-ring (bicyclic) bond motifs is 2. The SMILES string of the molecule is CCC1(C(=O)O)C=C2C(=O)C(=O)C3=C(C2=N1)C(C)(C(=O)O)CC(C)(C(=O)O)N3. The molecule has 0 spiro atoms. The van der Waals surface area contributed by atoms with Crippen LogP contribution in [0.1, 0.15) is 33.6 Å². The molecule has 3 rings (SSSR count). The molecule has 3 atom stereocenters. The average molecular weight is 390 g/mol. The summed E-state index contributed by atoms with van der Waals surface area (Å²) < 4.78 is 0. The minimum Gasteiger partial charge on any atom is -0.481 e. The number of rotatable bonds is 4. The number of nitrogens with one attached hydrogen (secondary N) is 1. The van der Waals surface area contributed by atoms with Crippen LogP contribution in [-0.4, -0.2) is 61.6 Å². The molecule has 0 aromatic rings. The number of nitrogens with zero attached hydrogens (tertiary/aromatic N) is 1. The van der Waals surface area contributed by atoms with Gasteiger partial charge in [-0.05, 0) is 26.3 Å². The fraction of sp³-hybridized carbons (Fsp3) is 0.444. The molecule has 2 aliphatic heterocycles.